The Morgan fingerprint density at radius 3 is 2.71 bits per heavy atom. The van der Waals surface area contributed by atoms with Gasteiger partial charge in [0.05, 0.1) is 0 Å². The first-order valence-electron chi connectivity index (χ1n) is 5.08. The molecule has 3 N–H and O–H groups in total. The van der Waals surface area contributed by atoms with Crippen molar-refractivity contribution in [1.82, 2.24) is 4.98 Å². The number of hydrogen-bond donors (Lipinski definition) is 2. The average molecular weight is 266 g/mol. The van der Waals surface area contributed by atoms with E-state index in [0.717, 1.165) is 10.8 Å². The second-order valence-corrected chi connectivity index (χ2v) is 4.92. The molecule has 0 unspecified atom stereocenters. The van der Waals surface area contributed by atoms with Crippen LogP contribution >= 0.6 is 23.4 Å². The Bertz CT molecular complexity index is 487. The Hall–Kier alpha value is -1.23. The van der Waals surface area contributed by atoms with Gasteiger partial charge in [-0.15, -0.1) is 11.8 Å². The van der Waals surface area contributed by atoms with Crippen LogP contribution in [-0.2, 0) is 5.75 Å². The molecule has 2 rings (SSSR count). The predicted molar refractivity (Wildman–Crippen MR) is 73.1 cm³/mol. The lowest BCUT2D eigenvalue weighted by Gasteiger charge is -2.04. The minimum Gasteiger partial charge on any atom is -0.308 e. The Labute approximate surface area is 109 Å². The maximum atomic E-state index is 5.83. The van der Waals surface area contributed by atoms with Gasteiger partial charge >= 0.3 is 0 Å². The Morgan fingerprint density at radius 1 is 1.24 bits per heavy atom. The second kappa shape index (κ2) is 5.91. The lowest BCUT2D eigenvalue weighted by atomic mass is 10.3. The van der Waals surface area contributed by atoms with Crippen molar-refractivity contribution in [1.29, 1.82) is 0 Å². The molecular formula is C12H12ClN3S. The number of pyridine rings is 1. The van der Waals surface area contributed by atoms with Gasteiger partial charge in [0, 0.05) is 21.9 Å². The van der Waals surface area contributed by atoms with Gasteiger partial charge in [-0.2, -0.15) is 0 Å². The number of aromatic nitrogens is 1. The Morgan fingerprint density at radius 2 is 2.00 bits per heavy atom. The molecular weight excluding hydrogens is 254 g/mol. The van der Waals surface area contributed by atoms with Gasteiger partial charge in [-0.25, -0.2) is 10.8 Å². The Kier molecular flexibility index (Phi) is 4.25. The van der Waals surface area contributed by atoms with Gasteiger partial charge in [0.25, 0.3) is 0 Å². The summed E-state index contributed by atoms with van der Waals surface area (Å²) in [6.45, 7) is 0. The first-order chi connectivity index (χ1) is 8.28. The maximum Gasteiger partial charge on any atom is 0.140 e. The van der Waals surface area contributed by atoms with Gasteiger partial charge in [0.15, 0.2) is 0 Å². The molecule has 0 bridgehead atoms. The quantitative estimate of drug-likeness (QED) is 0.506. The van der Waals surface area contributed by atoms with Gasteiger partial charge in [-0.1, -0.05) is 11.6 Å². The first kappa shape index (κ1) is 12.2. The van der Waals surface area contributed by atoms with Crippen LogP contribution < -0.4 is 11.3 Å². The van der Waals surface area contributed by atoms with Crippen LogP contribution in [0.5, 0.6) is 0 Å². The highest BCUT2D eigenvalue weighted by Gasteiger charge is 1.98. The largest absolute Gasteiger partial charge is 0.308 e. The van der Waals surface area contributed by atoms with Gasteiger partial charge in [0.1, 0.15) is 5.82 Å². The number of thioether (sulfide) groups is 1. The first-order valence-corrected chi connectivity index (χ1v) is 6.44. The minimum absolute atomic E-state index is 0.680. The maximum absolute atomic E-state index is 5.83. The molecule has 0 radical (unpaired) electrons. The number of hydrogen-bond acceptors (Lipinski definition) is 4. The summed E-state index contributed by atoms with van der Waals surface area (Å²) in [6.07, 6.45) is 1.74. The van der Waals surface area contributed by atoms with E-state index >= 15 is 0 Å². The van der Waals surface area contributed by atoms with E-state index in [2.05, 4.69) is 10.4 Å². The summed E-state index contributed by atoms with van der Waals surface area (Å²) < 4.78 is 0. The van der Waals surface area contributed by atoms with E-state index in [0.29, 0.717) is 5.82 Å². The third-order valence-corrected chi connectivity index (χ3v) is 3.53. The van der Waals surface area contributed by atoms with Gasteiger partial charge in [0.2, 0.25) is 0 Å². The van der Waals surface area contributed by atoms with E-state index < -0.39 is 0 Å². The lowest BCUT2D eigenvalue weighted by molar-refractivity contribution is 1.20. The molecule has 2 aromatic rings. The fourth-order valence-electron chi connectivity index (χ4n) is 1.34. The van der Waals surface area contributed by atoms with Crippen LogP contribution in [0.15, 0.2) is 47.5 Å². The molecule has 0 spiro atoms. The molecule has 0 amide bonds. The molecule has 0 saturated carbocycles. The molecule has 0 saturated heterocycles. The summed E-state index contributed by atoms with van der Waals surface area (Å²) >= 11 is 7.58. The van der Waals surface area contributed by atoms with E-state index in [1.807, 2.05) is 36.4 Å². The fourth-order valence-corrected chi connectivity index (χ4v) is 2.31. The lowest BCUT2D eigenvalue weighted by Crippen LogP contribution is -2.08. The zero-order chi connectivity index (χ0) is 12.1. The molecule has 1 aromatic carbocycles. The van der Waals surface area contributed by atoms with E-state index in [-0.39, 0.29) is 0 Å². The Balaban J connectivity index is 1.99. The number of benzene rings is 1. The van der Waals surface area contributed by atoms with E-state index in [1.54, 1.807) is 18.0 Å². The van der Waals surface area contributed by atoms with Crippen molar-refractivity contribution in [2.75, 3.05) is 5.43 Å². The zero-order valence-corrected chi connectivity index (χ0v) is 10.6. The standard InChI is InChI=1S/C12H12ClN3S/c13-10-1-3-11(4-2-10)17-8-9-5-6-15-12(7-9)16-14/h1-7H,8,14H2,(H,15,16). The SMILES string of the molecule is NNc1cc(CSc2ccc(Cl)cc2)ccn1. The van der Waals surface area contributed by atoms with Crippen LogP contribution in [-0.4, -0.2) is 4.98 Å². The van der Waals surface area contributed by atoms with Crippen molar-refractivity contribution < 1.29 is 0 Å². The summed E-state index contributed by atoms with van der Waals surface area (Å²) in [5.41, 5.74) is 3.71. The van der Waals surface area contributed by atoms with Crippen molar-refractivity contribution in [3.05, 3.63) is 53.2 Å². The number of nitrogens with two attached hydrogens (primary N) is 1. The molecule has 88 valence electrons. The third kappa shape index (κ3) is 3.63. The van der Waals surface area contributed by atoms with Crippen molar-refractivity contribution in [3.63, 3.8) is 0 Å². The van der Waals surface area contributed by atoms with Crippen LogP contribution in [0.4, 0.5) is 5.82 Å². The van der Waals surface area contributed by atoms with Crippen LogP contribution in [0.25, 0.3) is 0 Å². The van der Waals surface area contributed by atoms with Crippen molar-refractivity contribution in [3.8, 4) is 0 Å². The zero-order valence-electron chi connectivity index (χ0n) is 9.06. The highest BCUT2D eigenvalue weighted by atomic mass is 35.5. The number of rotatable bonds is 4. The van der Waals surface area contributed by atoms with Crippen molar-refractivity contribution >= 4 is 29.2 Å². The molecule has 17 heavy (non-hydrogen) atoms. The van der Waals surface area contributed by atoms with Gasteiger partial charge in [-0.3, -0.25) is 0 Å². The number of hydrazine groups is 1. The van der Waals surface area contributed by atoms with E-state index in [4.69, 9.17) is 17.4 Å². The number of halogens is 1. The topological polar surface area (TPSA) is 50.9 Å². The third-order valence-electron chi connectivity index (χ3n) is 2.19. The van der Waals surface area contributed by atoms with E-state index in [9.17, 15) is 0 Å². The summed E-state index contributed by atoms with van der Waals surface area (Å²) in [4.78, 5) is 5.25. The highest BCUT2D eigenvalue weighted by molar-refractivity contribution is 7.98. The molecule has 0 aliphatic carbocycles. The van der Waals surface area contributed by atoms with Gasteiger partial charge < -0.3 is 5.43 Å². The normalized spacial score (nSPS) is 10.2. The summed E-state index contributed by atoms with van der Waals surface area (Å²) in [7, 11) is 0. The predicted octanol–water partition coefficient (Wildman–Crippen LogP) is 3.31. The monoisotopic (exact) mass is 265 g/mol. The molecule has 0 fully saturated rings. The fraction of sp³-hybridized carbons (Fsp3) is 0.0833. The molecule has 5 heteroatoms. The number of nitrogen functional groups attached to an aromatic ring is 1. The van der Waals surface area contributed by atoms with Crippen molar-refractivity contribution in [2.45, 2.75) is 10.6 Å². The molecule has 0 aliphatic rings. The number of anilines is 1. The number of nitrogens with one attached hydrogen (secondary N) is 1. The summed E-state index contributed by atoms with van der Waals surface area (Å²) in [5, 5.41) is 0.757. The second-order valence-electron chi connectivity index (χ2n) is 3.44. The smallest absolute Gasteiger partial charge is 0.140 e. The highest BCUT2D eigenvalue weighted by Crippen LogP contribution is 2.24. The molecule has 1 aromatic heterocycles. The van der Waals surface area contributed by atoms with Crippen LogP contribution in [0.1, 0.15) is 5.56 Å². The molecule has 0 aliphatic heterocycles. The van der Waals surface area contributed by atoms with Gasteiger partial charge in [-0.05, 0) is 42.0 Å². The van der Waals surface area contributed by atoms with Crippen LogP contribution in [0.3, 0.4) is 0 Å². The average Bonchev–Trinajstić information content (AvgIpc) is 2.38. The molecule has 1 heterocycles. The summed E-state index contributed by atoms with van der Waals surface area (Å²) in [5.74, 6) is 6.86. The van der Waals surface area contributed by atoms with E-state index in [1.165, 1.54) is 10.5 Å². The minimum atomic E-state index is 0.680. The molecule has 0 atom stereocenters. The number of nitrogens with zero attached hydrogens (tertiary/aromatic N) is 1. The van der Waals surface area contributed by atoms with Crippen LogP contribution in [0.2, 0.25) is 5.02 Å². The van der Waals surface area contributed by atoms with Crippen LogP contribution in [0, 0.1) is 0 Å². The summed E-state index contributed by atoms with van der Waals surface area (Å²) in [6, 6.07) is 11.7. The van der Waals surface area contributed by atoms with Crippen molar-refractivity contribution in [2.24, 2.45) is 5.84 Å². The molecule has 3 nitrogen and oxygen atoms in total.